The van der Waals surface area contributed by atoms with Crippen molar-refractivity contribution in [2.24, 2.45) is 5.73 Å². The van der Waals surface area contributed by atoms with E-state index in [4.69, 9.17) is 21.9 Å². The number of aromatic nitrogens is 2. The standard InChI is InChI=1S/C12H17N5O/c1-18-10-5-3-2-4-9(10)17-12(15)8(6-7-13)11(14)16-17/h2-5H,6-7,13,15H2,1H3,(H2,14,16). The largest absolute Gasteiger partial charge is 0.494 e. The summed E-state index contributed by atoms with van der Waals surface area (Å²) in [5.74, 6) is 1.59. The summed E-state index contributed by atoms with van der Waals surface area (Å²) in [6.45, 7) is 0.478. The van der Waals surface area contributed by atoms with Crippen LogP contribution in [0.3, 0.4) is 0 Å². The summed E-state index contributed by atoms with van der Waals surface area (Å²) in [5, 5.41) is 4.24. The van der Waals surface area contributed by atoms with Gasteiger partial charge in [-0.3, -0.25) is 0 Å². The van der Waals surface area contributed by atoms with Gasteiger partial charge in [0.1, 0.15) is 17.3 Å². The molecule has 1 aromatic carbocycles. The van der Waals surface area contributed by atoms with E-state index in [2.05, 4.69) is 5.10 Å². The SMILES string of the molecule is COc1ccccc1-n1nc(N)c(CCN)c1N. The monoisotopic (exact) mass is 247 g/mol. The molecule has 1 aromatic heterocycles. The van der Waals surface area contributed by atoms with E-state index in [1.54, 1.807) is 11.8 Å². The van der Waals surface area contributed by atoms with Gasteiger partial charge in [-0.05, 0) is 25.1 Å². The predicted octanol–water partition coefficient (Wildman–Crippen LogP) is 0.546. The number of benzene rings is 1. The van der Waals surface area contributed by atoms with Crippen LogP contribution in [0.4, 0.5) is 11.6 Å². The topological polar surface area (TPSA) is 105 Å². The van der Waals surface area contributed by atoms with Crippen LogP contribution in [0, 0.1) is 0 Å². The minimum absolute atomic E-state index is 0.406. The summed E-state index contributed by atoms with van der Waals surface area (Å²) in [6.07, 6.45) is 0.604. The minimum Gasteiger partial charge on any atom is -0.494 e. The molecule has 6 heteroatoms. The molecule has 0 saturated carbocycles. The van der Waals surface area contributed by atoms with Crippen molar-refractivity contribution in [3.63, 3.8) is 0 Å². The molecule has 6 N–H and O–H groups in total. The van der Waals surface area contributed by atoms with E-state index >= 15 is 0 Å². The summed E-state index contributed by atoms with van der Waals surface area (Å²) < 4.78 is 6.86. The summed E-state index contributed by atoms with van der Waals surface area (Å²) in [4.78, 5) is 0. The van der Waals surface area contributed by atoms with E-state index in [1.807, 2.05) is 24.3 Å². The molecule has 0 aliphatic carbocycles. The minimum atomic E-state index is 0.406. The van der Waals surface area contributed by atoms with Gasteiger partial charge in [0.25, 0.3) is 0 Å². The Morgan fingerprint density at radius 1 is 1.28 bits per heavy atom. The van der Waals surface area contributed by atoms with Crippen LogP contribution in [-0.2, 0) is 6.42 Å². The Balaban J connectivity index is 2.54. The second kappa shape index (κ2) is 4.97. The highest BCUT2D eigenvalue weighted by Gasteiger charge is 2.15. The van der Waals surface area contributed by atoms with Crippen LogP contribution in [-0.4, -0.2) is 23.4 Å². The number of hydrogen-bond acceptors (Lipinski definition) is 5. The van der Waals surface area contributed by atoms with Crippen LogP contribution in [0.25, 0.3) is 5.69 Å². The number of methoxy groups -OCH3 is 1. The number of nitrogens with two attached hydrogens (primary N) is 3. The molecule has 0 bridgehead atoms. The highest BCUT2D eigenvalue weighted by atomic mass is 16.5. The molecule has 6 nitrogen and oxygen atoms in total. The molecule has 0 aliphatic heterocycles. The van der Waals surface area contributed by atoms with Crippen molar-refractivity contribution in [2.45, 2.75) is 6.42 Å². The molecule has 0 unspecified atom stereocenters. The summed E-state index contributed by atoms with van der Waals surface area (Å²) in [7, 11) is 1.60. The van der Waals surface area contributed by atoms with Crippen LogP contribution in [0.5, 0.6) is 5.75 Å². The fraction of sp³-hybridized carbons (Fsp3) is 0.250. The molecule has 2 aromatic rings. The number of nitrogen functional groups attached to an aromatic ring is 2. The maximum absolute atomic E-state index is 6.06. The molecular formula is C12H17N5O. The van der Waals surface area contributed by atoms with Gasteiger partial charge in [0, 0.05) is 5.56 Å². The van der Waals surface area contributed by atoms with E-state index in [9.17, 15) is 0 Å². The van der Waals surface area contributed by atoms with Gasteiger partial charge in [-0.2, -0.15) is 0 Å². The lowest BCUT2D eigenvalue weighted by atomic mass is 10.2. The zero-order valence-corrected chi connectivity index (χ0v) is 10.3. The van der Waals surface area contributed by atoms with Crippen molar-refractivity contribution in [3.8, 4) is 11.4 Å². The maximum atomic E-state index is 6.06. The molecule has 0 saturated heterocycles. The van der Waals surface area contributed by atoms with Gasteiger partial charge < -0.3 is 21.9 Å². The maximum Gasteiger partial charge on any atom is 0.151 e. The third kappa shape index (κ3) is 1.98. The fourth-order valence-electron chi connectivity index (χ4n) is 1.87. The van der Waals surface area contributed by atoms with Crippen molar-refractivity contribution in [1.29, 1.82) is 0 Å². The van der Waals surface area contributed by atoms with Crippen molar-refractivity contribution in [1.82, 2.24) is 9.78 Å². The van der Waals surface area contributed by atoms with Crippen molar-refractivity contribution in [2.75, 3.05) is 25.1 Å². The molecule has 18 heavy (non-hydrogen) atoms. The molecule has 0 aliphatic rings. The van der Waals surface area contributed by atoms with Crippen molar-refractivity contribution in [3.05, 3.63) is 29.8 Å². The molecule has 0 amide bonds. The highest BCUT2D eigenvalue weighted by molar-refractivity contribution is 5.60. The fourth-order valence-corrected chi connectivity index (χ4v) is 1.87. The van der Waals surface area contributed by atoms with Gasteiger partial charge in [0.05, 0.1) is 7.11 Å². The number of rotatable bonds is 4. The quantitative estimate of drug-likeness (QED) is 0.731. The van der Waals surface area contributed by atoms with E-state index in [0.29, 0.717) is 30.4 Å². The smallest absolute Gasteiger partial charge is 0.151 e. The molecule has 0 radical (unpaired) electrons. The average molecular weight is 247 g/mol. The lowest BCUT2D eigenvalue weighted by Crippen LogP contribution is -2.07. The Morgan fingerprint density at radius 3 is 2.67 bits per heavy atom. The Labute approximate surface area is 105 Å². The Bertz CT molecular complexity index is 549. The molecule has 0 atom stereocenters. The van der Waals surface area contributed by atoms with Crippen molar-refractivity contribution < 1.29 is 4.74 Å². The molecular weight excluding hydrogens is 230 g/mol. The zero-order chi connectivity index (χ0) is 13.1. The molecule has 96 valence electrons. The molecule has 2 rings (SSSR count). The summed E-state index contributed by atoms with van der Waals surface area (Å²) in [5.41, 5.74) is 19.0. The first-order chi connectivity index (χ1) is 8.69. The van der Waals surface area contributed by atoms with Gasteiger partial charge in [0.2, 0.25) is 0 Å². The molecule has 0 fully saturated rings. The van der Waals surface area contributed by atoms with E-state index < -0.39 is 0 Å². The highest BCUT2D eigenvalue weighted by Crippen LogP contribution is 2.28. The van der Waals surface area contributed by atoms with Gasteiger partial charge >= 0.3 is 0 Å². The predicted molar refractivity (Wildman–Crippen MR) is 71.7 cm³/mol. The summed E-state index contributed by atoms with van der Waals surface area (Å²) in [6, 6.07) is 7.48. The van der Waals surface area contributed by atoms with E-state index in [-0.39, 0.29) is 0 Å². The third-order valence-electron chi connectivity index (χ3n) is 2.76. The Hall–Kier alpha value is -2.21. The van der Waals surface area contributed by atoms with Gasteiger partial charge in [0.15, 0.2) is 5.82 Å². The van der Waals surface area contributed by atoms with Crippen molar-refractivity contribution >= 4 is 11.6 Å². The Morgan fingerprint density at radius 2 is 2.00 bits per heavy atom. The van der Waals surface area contributed by atoms with Crippen LogP contribution >= 0.6 is 0 Å². The second-order valence-corrected chi connectivity index (χ2v) is 3.87. The zero-order valence-electron chi connectivity index (χ0n) is 10.3. The van der Waals surface area contributed by atoms with Crippen LogP contribution in [0.1, 0.15) is 5.56 Å². The first-order valence-electron chi connectivity index (χ1n) is 5.65. The van der Waals surface area contributed by atoms with Gasteiger partial charge in [-0.1, -0.05) is 12.1 Å². The van der Waals surface area contributed by atoms with Gasteiger partial charge in [-0.15, -0.1) is 5.10 Å². The Kier molecular flexibility index (Phi) is 3.38. The number of para-hydroxylation sites is 2. The number of hydrogen-bond donors (Lipinski definition) is 3. The molecule has 0 spiro atoms. The normalized spacial score (nSPS) is 10.6. The third-order valence-corrected chi connectivity index (χ3v) is 2.76. The number of anilines is 2. The number of ether oxygens (including phenoxy) is 1. The van der Waals surface area contributed by atoms with Crippen LogP contribution < -0.4 is 21.9 Å². The number of nitrogens with zero attached hydrogens (tertiary/aromatic N) is 2. The lowest BCUT2D eigenvalue weighted by molar-refractivity contribution is 0.412. The summed E-state index contributed by atoms with van der Waals surface area (Å²) >= 11 is 0. The van der Waals surface area contributed by atoms with E-state index in [1.165, 1.54) is 0 Å². The molecule has 1 heterocycles. The average Bonchev–Trinajstić information content (AvgIpc) is 2.67. The van der Waals surface area contributed by atoms with Crippen LogP contribution in [0.15, 0.2) is 24.3 Å². The first-order valence-corrected chi connectivity index (χ1v) is 5.65. The first kappa shape index (κ1) is 12.3. The lowest BCUT2D eigenvalue weighted by Gasteiger charge is -2.09. The van der Waals surface area contributed by atoms with Gasteiger partial charge in [-0.25, -0.2) is 4.68 Å². The van der Waals surface area contributed by atoms with Crippen LogP contribution in [0.2, 0.25) is 0 Å². The second-order valence-electron chi connectivity index (χ2n) is 3.87. The van der Waals surface area contributed by atoms with E-state index in [0.717, 1.165) is 11.3 Å².